The van der Waals surface area contributed by atoms with Crippen LogP contribution in [0.4, 0.5) is 0 Å². The summed E-state index contributed by atoms with van der Waals surface area (Å²) in [7, 11) is 2.03. The van der Waals surface area contributed by atoms with E-state index in [0.29, 0.717) is 6.54 Å². The molecule has 110 valence electrons. The van der Waals surface area contributed by atoms with E-state index in [0.717, 1.165) is 16.9 Å². The van der Waals surface area contributed by atoms with E-state index in [9.17, 15) is 5.11 Å². The summed E-state index contributed by atoms with van der Waals surface area (Å²) in [5, 5.41) is 13.5. The predicted molar refractivity (Wildman–Crippen MR) is 82.6 cm³/mol. The first-order valence-corrected chi connectivity index (χ1v) is 7.13. The summed E-state index contributed by atoms with van der Waals surface area (Å²) in [6.45, 7) is 8.77. The lowest BCUT2D eigenvalue weighted by atomic mass is 9.89. The van der Waals surface area contributed by atoms with Crippen molar-refractivity contribution >= 4 is 11.0 Å². The normalized spacial score (nSPS) is 15.5. The van der Waals surface area contributed by atoms with E-state index >= 15 is 0 Å². The van der Waals surface area contributed by atoms with Crippen LogP contribution in [0.15, 0.2) is 24.3 Å². The molecular formula is C16H25N3O. The van der Waals surface area contributed by atoms with E-state index in [2.05, 4.69) is 27.9 Å². The molecule has 0 aliphatic rings. The maximum atomic E-state index is 10.1. The van der Waals surface area contributed by atoms with Crippen molar-refractivity contribution in [3.05, 3.63) is 30.1 Å². The van der Waals surface area contributed by atoms with Gasteiger partial charge in [0.25, 0.3) is 0 Å². The van der Waals surface area contributed by atoms with Crippen molar-refractivity contribution in [2.45, 2.75) is 39.8 Å². The minimum Gasteiger partial charge on any atom is -0.391 e. The molecule has 2 unspecified atom stereocenters. The second-order valence-electron chi connectivity index (χ2n) is 6.53. The van der Waals surface area contributed by atoms with Crippen molar-refractivity contribution in [2.75, 3.05) is 6.54 Å². The Morgan fingerprint density at radius 3 is 2.55 bits per heavy atom. The van der Waals surface area contributed by atoms with Gasteiger partial charge in [-0.2, -0.15) is 0 Å². The number of para-hydroxylation sites is 2. The monoisotopic (exact) mass is 275 g/mol. The SMILES string of the molecule is CC(NCC(O)C(C)(C)C)c1nc2ccccc2n1C. The lowest BCUT2D eigenvalue weighted by Crippen LogP contribution is -2.38. The third-order valence-electron chi connectivity index (χ3n) is 3.83. The molecule has 2 aromatic rings. The van der Waals surface area contributed by atoms with Gasteiger partial charge >= 0.3 is 0 Å². The zero-order chi connectivity index (χ0) is 14.9. The fourth-order valence-corrected chi connectivity index (χ4v) is 2.24. The number of aliphatic hydroxyl groups excluding tert-OH is 1. The lowest BCUT2D eigenvalue weighted by Gasteiger charge is -2.27. The molecule has 0 spiro atoms. The number of hydrogen-bond donors (Lipinski definition) is 2. The Morgan fingerprint density at radius 1 is 1.30 bits per heavy atom. The minimum absolute atomic E-state index is 0.101. The zero-order valence-corrected chi connectivity index (χ0v) is 13.0. The Balaban J connectivity index is 2.12. The van der Waals surface area contributed by atoms with E-state index in [4.69, 9.17) is 0 Å². The Kier molecular flexibility index (Phi) is 4.16. The summed E-state index contributed by atoms with van der Waals surface area (Å²) in [6.07, 6.45) is -0.375. The van der Waals surface area contributed by atoms with Crippen LogP contribution in [0.25, 0.3) is 11.0 Å². The van der Waals surface area contributed by atoms with Gasteiger partial charge in [0, 0.05) is 13.6 Å². The van der Waals surface area contributed by atoms with E-state index in [1.807, 2.05) is 46.0 Å². The van der Waals surface area contributed by atoms with Gasteiger partial charge in [-0.1, -0.05) is 32.9 Å². The van der Waals surface area contributed by atoms with Gasteiger partial charge in [0.2, 0.25) is 0 Å². The van der Waals surface area contributed by atoms with Crippen LogP contribution in [-0.4, -0.2) is 27.3 Å². The molecule has 1 aromatic carbocycles. The highest BCUT2D eigenvalue weighted by Crippen LogP contribution is 2.21. The maximum absolute atomic E-state index is 10.1. The molecule has 1 aromatic heterocycles. The highest BCUT2D eigenvalue weighted by Gasteiger charge is 2.23. The molecule has 0 saturated heterocycles. The molecule has 0 amide bonds. The number of nitrogens with zero attached hydrogens (tertiary/aromatic N) is 2. The largest absolute Gasteiger partial charge is 0.391 e. The second-order valence-corrected chi connectivity index (χ2v) is 6.53. The van der Waals surface area contributed by atoms with E-state index in [-0.39, 0.29) is 17.6 Å². The number of fused-ring (bicyclic) bond motifs is 1. The topological polar surface area (TPSA) is 50.1 Å². The standard InChI is InChI=1S/C16H25N3O/c1-11(17-10-14(20)16(2,3)4)15-18-12-8-6-7-9-13(12)19(15)5/h6-9,11,14,17,20H,10H2,1-5H3. The van der Waals surface area contributed by atoms with Gasteiger partial charge in [-0.3, -0.25) is 0 Å². The number of aromatic nitrogens is 2. The molecule has 1 heterocycles. The predicted octanol–water partition coefficient (Wildman–Crippen LogP) is 2.63. The van der Waals surface area contributed by atoms with Crippen LogP contribution in [0.5, 0.6) is 0 Å². The number of aryl methyl sites for hydroxylation is 1. The molecule has 2 rings (SSSR count). The van der Waals surface area contributed by atoms with Gasteiger partial charge in [-0.25, -0.2) is 4.98 Å². The molecule has 0 saturated carbocycles. The first-order chi connectivity index (χ1) is 9.30. The third kappa shape index (κ3) is 3.02. The van der Waals surface area contributed by atoms with Crippen LogP contribution in [0.1, 0.15) is 39.6 Å². The molecular weight excluding hydrogens is 250 g/mol. The quantitative estimate of drug-likeness (QED) is 0.902. The van der Waals surface area contributed by atoms with E-state index < -0.39 is 0 Å². The van der Waals surface area contributed by atoms with E-state index in [1.165, 1.54) is 0 Å². The third-order valence-corrected chi connectivity index (χ3v) is 3.83. The number of imidazole rings is 1. The highest BCUT2D eigenvalue weighted by molar-refractivity contribution is 5.75. The average molecular weight is 275 g/mol. The molecule has 4 nitrogen and oxygen atoms in total. The van der Waals surface area contributed by atoms with Crippen molar-refractivity contribution in [1.29, 1.82) is 0 Å². The van der Waals surface area contributed by atoms with Crippen LogP contribution < -0.4 is 5.32 Å². The van der Waals surface area contributed by atoms with Gasteiger partial charge in [-0.15, -0.1) is 0 Å². The molecule has 2 atom stereocenters. The molecule has 4 heteroatoms. The fraction of sp³-hybridized carbons (Fsp3) is 0.562. The van der Waals surface area contributed by atoms with Crippen LogP contribution in [0, 0.1) is 5.41 Å². The maximum Gasteiger partial charge on any atom is 0.126 e. The molecule has 0 aliphatic heterocycles. The van der Waals surface area contributed by atoms with Gasteiger partial charge in [-0.05, 0) is 24.5 Å². The first-order valence-electron chi connectivity index (χ1n) is 7.13. The summed E-state index contributed by atoms with van der Waals surface area (Å²) in [4.78, 5) is 4.67. The number of aliphatic hydroxyl groups is 1. The number of nitrogens with one attached hydrogen (secondary N) is 1. The Labute approximate surface area is 120 Å². The molecule has 2 N–H and O–H groups in total. The van der Waals surface area contributed by atoms with Crippen molar-refractivity contribution in [2.24, 2.45) is 12.5 Å². The van der Waals surface area contributed by atoms with E-state index in [1.54, 1.807) is 0 Å². The second kappa shape index (κ2) is 5.54. The summed E-state index contributed by atoms with van der Waals surface area (Å²) in [5.74, 6) is 0.993. The fourth-order valence-electron chi connectivity index (χ4n) is 2.24. The first kappa shape index (κ1) is 15.0. The minimum atomic E-state index is -0.375. The number of rotatable bonds is 4. The molecule has 0 radical (unpaired) electrons. The van der Waals surface area contributed by atoms with Crippen LogP contribution in [-0.2, 0) is 7.05 Å². The highest BCUT2D eigenvalue weighted by atomic mass is 16.3. The average Bonchev–Trinajstić information content (AvgIpc) is 2.72. The molecule has 0 aliphatic carbocycles. The summed E-state index contributed by atoms with van der Waals surface area (Å²) in [5.41, 5.74) is 2.03. The molecule has 0 bridgehead atoms. The number of benzene rings is 1. The van der Waals surface area contributed by atoms with Crippen molar-refractivity contribution in [3.63, 3.8) is 0 Å². The summed E-state index contributed by atoms with van der Waals surface area (Å²) >= 11 is 0. The summed E-state index contributed by atoms with van der Waals surface area (Å²) < 4.78 is 2.11. The van der Waals surface area contributed by atoms with Crippen molar-refractivity contribution < 1.29 is 5.11 Å². The van der Waals surface area contributed by atoms with Crippen LogP contribution in [0.2, 0.25) is 0 Å². The van der Waals surface area contributed by atoms with Gasteiger partial charge in [0.15, 0.2) is 0 Å². The van der Waals surface area contributed by atoms with Crippen LogP contribution in [0.3, 0.4) is 0 Å². The molecule has 0 fully saturated rings. The zero-order valence-electron chi connectivity index (χ0n) is 13.0. The smallest absolute Gasteiger partial charge is 0.126 e. The molecule has 20 heavy (non-hydrogen) atoms. The van der Waals surface area contributed by atoms with Crippen molar-refractivity contribution in [3.8, 4) is 0 Å². The van der Waals surface area contributed by atoms with Crippen molar-refractivity contribution in [1.82, 2.24) is 14.9 Å². The van der Waals surface area contributed by atoms with Gasteiger partial charge in [0.05, 0.1) is 23.2 Å². The number of hydrogen-bond acceptors (Lipinski definition) is 3. The Hall–Kier alpha value is -1.39. The van der Waals surface area contributed by atoms with Gasteiger partial charge in [0.1, 0.15) is 5.82 Å². The Morgan fingerprint density at radius 2 is 1.95 bits per heavy atom. The van der Waals surface area contributed by atoms with Gasteiger partial charge < -0.3 is 15.0 Å². The summed E-state index contributed by atoms with van der Waals surface area (Å²) in [6, 6.07) is 8.22. The lowest BCUT2D eigenvalue weighted by molar-refractivity contribution is 0.0606. The van der Waals surface area contributed by atoms with Crippen LogP contribution >= 0.6 is 0 Å². The Bertz CT molecular complexity index is 583.